The van der Waals surface area contributed by atoms with E-state index in [1.165, 1.54) is 0 Å². The molecule has 0 aliphatic carbocycles. The number of nitrogens with one attached hydrogen (secondary N) is 1. The first-order valence-corrected chi connectivity index (χ1v) is 7.94. The van der Waals surface area contributed by atoms with Crippen LogP contribution in [-0.2, 0) is 14.4 Å². The minimum atomic E-state index is -1.19. The summed E-state index contributed by atoms with van der Waals surface area (Å²) < 4.78 is -0.153. The number of carboxylic acids is 1. The molecule has 0 aromatic carbocycles. The van der Waals surface area contributed by atoms with Gasteiger partial charge in [0.15, 0.2) is 5.78 Å². The second kappa shape index (κ2) is 7.61. The summed E-state index contributed by atoms with van der Waals surface area (Å²) in [6.07, 6.45) is -0.688. The molecule has 1 aliphatic rings. The molecule has 1 unspecified atom stereocenters. The highest BCUT2D eigenvalue weighted by atomic mass is 32.2. The van der Waals surface area contributed by atoms with Gasteiger partial charge in [0, 0.05) is 15.9 Å². The number of ketones is 1. The summed E-state index contributed by atoms with van der Waals surface area (Å²) >= 11 is 1.78. The van der Waals surface area contributed by atoms with Gasteiger partial charge in [-0.2, -0.15) is 0 Å². The van der Waals surface area contributed by atoms with Gasteiger partial charge in [-0.3, -0.25) is 14.4 Å². The number of hydrogen-bond donors (Lipinski definition) is 4. The molecule has 1 heterocycles. The van der Waals surface area contributed by atoms with Crippen molar-refractivity contribution in [1.29, 1.82) is 0 Å². The summed E-state index contributed by atoms with van der Waals surface area (Å²) in [7, 11) is 0. The van der Waals surface area contributed by atoms with Gasteiger partial charge < -0.3 is 27.4 Å². The Kier molecular flexibility index (Phi) is 7.22. The molecule has 0 spiro atoms. The first kappa shape index (κ1) is 21.8. The van der Waals surface area contributed by atoms with Crippen molar-refractivity contribution in [2.24, 2.45) is 11.5 Å². The molecule has 0 bridgehead atoms. The van der Waals surface area contributed by atoms with Gasteiger partial charge in [0.25, 0.3) is 0 Å². The average Bonchev–Trinajstić information content (AvgIpc) is 2.32. The second-order valence-electron chi connectivity index (χ2n) is 6.73. The van der Waals surface area contributed by atoms with Crippen LogP contribution in [0.25, 0.3) is 0 Å². The number of carbonyl (C=O) groups is 3. The van der Waals surface area contributed by atoms with Crippen LogP contribution in [0, 0.1) is 0 Å². The largest absolute Gasteiger partial charge is 0.481 e. The molecule has 1 aliphatic heterocycles. The maximum absolute atomic E-state index is 12.1. The number of rotatable bonds is 7. The van der Waals surface area contributed by atoms with Gasteiger partial charge >= 0.3 is 5.97 Å². The van der Waals surface area contributed by atoms with Crippen LogP contribution in [0.3, 0.4) is 0 Å². The monoisotopic (exact) mass is 349 g/mol. The number of carbonyl (C=O) groups excluding carboxylic acids is 2. The molecule has 1 rings (SSSR count). The number of thioether (sulfide) groups is 1. The molecule has 1 amide bonds. The summed E-state index contributed by atoms with van der Waals surface area (Å²) in [5.74, 6) is -2.11. The summed E-state index contributed by atoms with van der Waals surface area (Å²) in [5, 5.41) is 11.5. The van der Waals surface area contributed by atoms with Crippen molar-refractivity contribution in [3.63, 3.8) is 0 Å². The van der Waals surface area contributed by atoms with Crippen LogP contribution in [-0.4, -0.2) is 55.9 Å². The van der Waals surface area contributed by atoms with Gasteiger partial charge in [-0.05, 0) is 27.7 Å². The Morgan fingerprint density at radius 1 is 1.09 bits per heavy atom. The van der Waals surface area contributed by atoms with Crippen molar-refractivity contribution < 1.29 is 25.0 Å². The zero-order valence-corrected chi connectivity index (χ0v) is 14.7. The predicted molar refractivity (Wildman–Crippen MR) is 89.1 cm³/mol. The van der Waals surface area contributed by atoms with E-state index in [4.69, 9.17) is 16.6 Å². The third-order valence-corrected chi connectivity index (χ3v) is 5.28. The van der Waals surface area contributed by atoms with Crippen molar-refractivity contribution in [2.75, 3.05) is 0 Å². The molecule has 8 nitrogen and oxygen atoms in total. The summed E-state index contributed by atoms with van der Waals surface area (Å²) in [6.45, 7) is 8.17. The van der Waals surface area contributed by atoms with E-state index in [0.29, 0.717) is 0 Å². The van der Waals surface area contributed by atoms with E-state index < -0.39 is 30.3 Å². The number of aliphatic carboxylic acids is 1. The van der Waals surface area contributed by atoms with Gasteiger partial charge in [0.1, 0.15) is 0 Å². The molecule has 134 valence electrons. The SMILES string of the molecule is CC1(C)SC(C)(C)C1NC(=O)CC(N)C(=O)[C@H](N)CC(=O)O.O. The predicted octanol–water partition coefficient (Wildman–Crippen LogP) is -0.961. The van der Waals surface area contributed by atoms with E-state index in [1.807, 2.05) is 27.7 Å². The first-order valence-electron chi connectivity index (χ1n) is 7.13. The van der Waals surface area contributed by atoms with Crippen LogP contribution >= 0.6 is 11.8 Å². The Balaban J connectivity index is 0.00000484. The topological polar surface area (TPSA) is 167 Å². The maximum atomic E-state index is 12.1. The third kappa shape index (κ3) is 5.45. The lowest BCUT2D eigenvalue weighted by atomic mass is 9.89. The number of amides is 1. The molecule has 1 saturated heterocycles. The summed E-state index contributed by atoms with van der Waals surface area (Å²) in [6, 6.07) is -2.30. The maximum Gasteiger partial charge on any atom is 0.305 e. The molecule has 0 radical (unpaired) electrons. The van der Waals surface area contributed by atoms with E-state index in [-0.39, 0.29) is 33.3 Å². The third-order valence-electron chi connectivity index (χ3n) is 3.75. The molecule has 1 fully saturated rings. The first-order chi connectivity index (χ1) is 9.86. The fraction of sp³-hybridized carbons (Fsp3) is 0.786. The van der Waals surface area contributed by atoms with E-state index in [9.17, 15) is 14.4 Å². The second-order valence-corrected chi connectivity index (χ2v) is 9.04. The van der Waals surface area contributed by atoms with Crippen LogP contribution in [0.4, 0.5) is 0 Å². The number of nitrogens with two attached hydrogens (primary N) is 2. The molecule has 0 aromatic rings. The Bertz CT molecular complexity index is 467. The van der Waals surface area contributed by atoms with E-state index in [0.717, 1.165) is 0 Å². The van der Waals surface area contributed by atoms with Crippen LogP contribution < -0.4 is 16.8 Å². The van der Waals surface area contributed by atoms with Gasteiger partial charge in [-0.1, -0.05) is 0 Å². The highest BCUT2D eigenvalue weighted by molar-refractivity contribution is 8.03. The van der Waals surface area contributed by atoms with Crippen molar-refractivity contribution in [2.45, 2.75) is 68.2 Å². The van der Waals surface area contributed by atoms with Crippen LogP contribution in [0.2, 0.25) is 0 Å². The van der Waals surface area contributed by atoms with E-state index in [2.05, 4.69) is 5.32 Å². The molecule has 23 heavy (non-hydrogen) atoms. The molecule has 2 atom stereocenters. The van der Waals surface area contributed by atoms with Gasteiger partial charge in [-0.15, -0.1) is 11.8 Å². The van der Waals surface area contributed by atoms with Crippen LogP contribution in [0.1, 0.15) is 40.5 Å². The molecular formula is C14H27N3O5S. The molecular weight excluding hydrogens is 322 g/mol. The fourth-order valence-electron chi connectivity index (χ4n) is 3.01. The molecule has 9 heteroatoms. The Labute approximate surface area is 140 Å². The molecule has 8 N–H and O–H groups in total. The zero-order chi connectivity index (χ0) is 17.3. The zero-order valence-electron chi connectivity index (χ0n) is 13.9. The van der Waals surface area contributed by atoms with E-state index >= 15 is 0 Å². The van der Waals surface area contributed by atoms with Crippen molar-refractivity contribution in [3.8, 4) is 0 Å². The van der Waals surface area contributed by atoms with Gasteiger partial charge in [0.2, 0.25) is 5.91 Å². The standard InChI is InChI=1S/C14H25N3O4S.H2O/c1-13(2)12(14(3,4)22-13)17-9(18)5-7(15)11(21)8(16)6-10(19)20;/h7-8,12H,5-6,15-16H2,1-4H3,(H,17,18)(H,19,20);1H2/t7?,8-;/m1./s1. The number of hydrogen-bond acceptors (Lipinski definition) is 6. The minimum absolute atomic E-state index is 0. The normalized spacial score (nSPS) is 21.3. The highest BCUT2D eigenvalue weighted by Gasteiger charge is 2.54. The lowest BCUT2D eigenvalue weighted by Gasteiger charge is -2.56. The Hall–Kier alpha value is -1.16. The lowest BCUT2D eigenvalue weighted by Crippen LogP contribution is -2.67. The quantitative estimate of drug-likeness (QED) is 0.459. The lowest BCUT2D eigenvalue weighted by molar-refractivity contribution is -0.139. The average molecular weight is 349 g/mol. The van der Waals surface area contributed by atoms with Crippen molar-refractivity contribution in [1.82, 2.24) is 5.32 Å². The number of Topliss-reactive ketones (excluding diaryl/α,β-unsaturated/α-hetero) is 1. The summed E-state index contributed by atoms with van der Waals surface area (Å²) in [5.41, 5.74) is 11.2. The van der Waals surface area contributed by atoms with Crippen molar-refractivity contribution >= 4 is 29.4 Å². The van der Waals surface area contributed by atoms with Crippen LogP contribution in [0.5, 0.6) is 0 Å². The number of carboxylic acid groups (broad SMARTS) is 1. The van der Waals surface area contributed by atoms with Gasteiger partial charge in [0.05, 0.1) is 24.5 Å². The van der Waals surface area contributed by atoms with Crippen molar-refractivity contribution in [3.05, 3.63) is 0 Å². The Morgan fingerprint density at radius 2 is 1.52 bits per heavy atom. The fourth-order valence-corrected chi connectivity index (χ4v) is 5.12. The highest BCUT2D eigenvalue weighted by Crippen LogP contribution is 2.54. The van der Waals surface area contributed by atoms with Gasteiger partial charge in [-0.25, -0.2) is 0 Å². The van der Waals surface area contributed by atoms with Crippen LogP contribution in [0.15, 0.2) is 0 Å². The minimum Gasteiger partial charge on any atom is -0.481 e. The molecule has 0 saturated carbocycles. The summed E-state index contributed by atoms with van der Waals surface area (Å²) in [4.78, 5) is 34.5. The smallest absolute Gasteiger partial charge is 0.305 e. The van der Waals surface area contributed by atoms with E-state index in [1.54, 1.807) is 11.8 Å². The molecule has 0 aromatic heterocycles. The Morgan fingerprint density at radius 3 is 1.91 bits per heavy atom.